The Morgan fingerprint density at radius 3 is 2.24 bits per heavy atom. The quantitative estimate of drug-likeness (QED) is 0.200. The van der Waals surface area contributed by atoms with E-state index in [1.165, 1.54) is 5.56 Å². The third-order valence-electron chi connectivity index (χ3n) is 6.03. The average molecular weight is 572 g/mol. The normalized spacial score (nSPS) is 12.9. The summed E-state index contributed by atoms with van der Waals surface area (Å²) in [5, 5.41) is 43.8. The van der Waals surface area contributed by atoms with Gasteiger partial charge in [-0.15, -0.1) is 0 Å². The predicted octanol–water partition coefficient (Wildman–Crippen LogP) is 1.79. The van der Waals surface area contributed by atoms with E-state index in [0.29, 0.717) is 19.6 Å². The van der Waals surface area contributed by atoms with Crippen molar-refractivity contribution in [2.75, 3.05) is 13.3 Å². The number of imidazole rings is 1. The van der Waals surface area contributed by atoms with Crippen molar-refractivity contribution in [2.45, 2.75) is 51.1 Å². The molecule has 1 aliphatic rings. The lowest BCUT2D eigenvalue weighted by Gasteiger charge is -2.24. The molecule has 41 heavy (non-hydrogen) atoms. The van der Waals surface area contributed by atoms with Crippen LogP contribution >= 0.6 is 0 Å². The van der Waals surface area contributed by atoms with Crippen LogP contribution < -0.4 is 9.47 Å². The first-order valence-electron chi connectivity index (χ1n) is 12.7. The Morgan fingerprint density at radius 2 is 1.63 bits per heavy atom. The van der Waals surface area contributed by atoms with Gasteiger partial charge in [0.1, 0.15) is 0 Å². The van der Waals surface area contributed by atoms with Crippen LogP contribution in [0.1, 0.15) is 36.6 Å². The zero-order valence-corrected chi connectivity index (χ0v) is 22.4. The number of aromatic nitrogens is 2. The molecular weight excluding hydrogens is 538 g/mol. The number of carboxylic acid groups (broad SMARTS) is 3. The largest absolute Gasteiger partial charge is 0.481 e. The maximum absolute atomic E-state index is 10.3. The second kappa shape index (κ2) is 14.3. The summed E-state index contributed by atoms with van der Waals surface area (Å²) >= 11 is 0. The Kier molecular flexibility index (Phi) is 10.8. The number of benzene rings is 2. The van der Waals surface area contributed by atoms with Gasteiger partial charge in [0, 0.05) is 32.4 Å². The first-order chi connectivity index (χ1) is 19.4. The van der Waals surface area contributed by atoms with Gasteiger partial charge in [-0.3, -0.25) is 14.5 Å². The number of hydrogen-bond donors (Lipinski definition) is 5. The number of ether oxygens (including phenoxy) is 2. The molecule has 1 atom stereocenters. The third-order valence-corrected chi connectivity index (χ3v) is 6.03. The van der Waals surface area contributed by atoms with E-state index >= 15 is 0 Å². The number of aliphatic carboxylic acids is 3. The van der Waals surface area contributed by atoms with Crippen LogP contribution in [0.15, 0.2) is 61.1 Å². The summed E-state index contributed by atoms with van der Waals surface area (Å²) < 4.78 is 13.0. The molecule has 220 valence electrons. The highest BCUT2D eigenvalue weighted by molar-refractivity contribution is 5.88. The van der Waals surface area contributed by atoms with Gasteiger partial charge in [-0.05, 0) is 30.2 Å². The van der Waals surface area contributed by atoms with Crippen LogP contribution in [-0.4, -0.2) is 82.9 Å². The summed E-state index contributed by atoms with van der Waals surface area (Å²) in [6.45, 7) is 4.85. The zero-order valence-electron chi connectivity index (χ0n) is 22.4. The van der Waals surface area contributed by atoms with Crippen LogP contribution in [0.5, 0.6) is 11.5 Å². The molecule has 2 heterocycles. The first-order valence-corrected chi connectivity index (χ1v) is 12.7. The Labute approximate surface area is 235 Å². The minimum absolute atomic E-state index is 0.273. The van der Waals surface area contributed by atoms with E-state index in [4.69, 9.17) is 29.9 Å². The summed E-state index contributed by atoms with van der Waals surface area (Å²) in [7, 11) is 0. The molecule has 3 aromatic rings. The van der Waals surface area contributed by atoms with Gasteiger partial charge in [0.2, 0.25) is 6.79 Å². The molecule has 0 radical (unpaired) electrons. The molecule has 1 aromatic heterocycles. The van der Waals surface area contributed by atoms with Crippen LogP contribution in [0.25, 0.3) is 0 Å². The van der Waals surface area contributed by atoms with Crippen LogP contribution in [0, 0.1) is 0 Å². The molecule has 0 saturated heterocycles. The molecule has 0 saturated carbocycles. The number of hydrogen-bond acceptors (Lipinski definition) is 9. The monoisotopic (exact) mass is 571 g/mol. The average Bonchev–Trinajstić information content (AvgIpc) is 3.52. The Morgan fingerprint density at radius 1 is 0.976 bits per heavy atom. The van der Waals surface area contributed by atoms with E-state index < -0.39 is 42.5 Å². The van der Waals surface area contributed by atoms with Crippen LogP contribution in [-0.2, 0) is 34.0 Å². The molecule has 1 aliphatic heterocycles. The molecule has 1 unspecified atom stereocenters. The van der Waals surface area contributed by atoms with Gasteiger partial charge in [0.05, 0.1) is 31.0 Å². The maximum atomic E-state index is 10.3. The number of aliphatic hydroxyl groups excluding tert-OH is 1. The highest BCUT2D eigenvalue weighted by Crippen LogP contribution is 2.33. The third kappa shape index (κ3) is 9.60. The topological polar surface area (TPSA) is 192 Å². The summed E-state index contributed by atoms with van der Waals surface area (Å²) in [6, 6.07) is 16.3. The molecule has 5 N–H and O–H groups in total. The van der Waals surface area contributed by atoms with Gasteiger partial charge in [0.25, 0.3) is 0 Å². The van der Waals surface area contributed by atoms with Crippen LogP contribution in [0.4, 0.5) is 0 Å². The van der Waals surface area contributed by atoms with Crippen LogP contribution in [0.2, 0.25) is 0 Å². The van der Waals surface area contributed by atoms with Gasteiger partial charge < -0.3 is 39.6 Å². The highest BCUT2D eigenvalue weighted by Gasteiger charge is 2.40. The molecule has 2 aromatic carbocycles. The van der Waals surface area contributed by atoms with E-state index in [9.17, 15) is 19.5 Å². The van der Waals surface area contributed by atoms with Crippen molar-refractivity contribution in [1.82, 2.24) is 14.5 Å². The van der Waals surface area contributed by atoms with Crippen LogP contribution in [0.3, 0.4) is 0 Å². The number of carbonyl (C=O) groups is 3. The van der Waals surface area contributed by atoms with Crippen molar-refractivity contribution in [3.63, 3.8) is 0 Å². The zero-order chi connectivity index (χ0) is 30.0. The molecule has 0 fully saturated rings. The number of fused-ring (bicyclic) bond motifs is 1. The lowest BCUT2D eigenvalue weighted by molar-refractivity contribution is -0.170. The highest BCUT2D eigenvalue weighted by atomic mass is 16.7. The van der Waals surface area contributed by atoms with Gasteiger partial charge in [0.15, 0.2) is 17.1 Å². The lowest BCUT2D eigenvalue weighted by Crippen LogP contribution is -2.42. The van der Waals surface area contributed by atoms with Gasteiger partial charge >= 0.3 is 17.9 Å². The molecule has 0 aliphatic carbocycles. The van der Waals surface area contributed by atoms with Gasteiger partial charge in [-0.2, -0.15) is 0 Å². The first kappa shape index (κ1) is 31.1. The molecule has 0 spiro atoms. The fourth-order valence-corrected chi connectivity index (χ4v) is 4.20. The molecule has 0 amide bonds. The summed E-state index contributed by atoms with van der Waals surface area (Å²) in [6.07, 6.45) is 1.06. The standard InChI is InChI=1S/C22H25N3O3.C6H8O7/c1-17(26)11-24(12-19-7-8-21-22(9-19)28-16-27-21)14-20-10-23-15-25(20)13-18-5-3-2-4-6-18;7-3(8)1-6(13,5(11)12)2-4(9)10/h2-10,15,17,26H,11-14,16H2,1H3;13H,1-2H2,(H,7,8)(H,9,10)(H,11,12). The lowest BCUT2D eigenvalue weighted by atomic mass is 9.96. The molecule has 13 nitrogen and oxygen atoms in total. The van der Waals surface area contributed by atoms with E-state index in [1.54, 1.807) is 0 Å². The van der Waals surface area contributed by atoms with Crippen molar-refractivity contribution in [1.29, 1.82) is 0 Å². The number of carboxylic acids is 3. The summed E-state index contributed by atoms with van der Waals surface area (Å²) in [4.78, 5) is 37.0. The Bertz CT molecular complexity index is 1310. The molecule has 13 heteroatoms. The van der Waals surface area contributed by atoms with E-state index in [0.717, 1.165) is 29.3 Å². The molecule has 0 bridgehead atoms. The minimum atomic E-state index is -2.74. The van der Waals surface area contributed by atoms with E-state index in [1.807, 2.05) is 55.8 Å². The Hall–Kier alpha value is -4.46. The van der Waals surface area contributed by atoms with Crippen molar-refractivity contribution >= 4 is 17.9 Å². The van der Waals surface area contributed by atoms with E-state index in [-0.39, 0.29) is 6.79 Å². The summed E-state index contributed by atoms with van der Waals surface area (Å²) in [5.41, 5.74) is 0.737. The number of aliphatic hydroxyl groups is 2. The van der Waals surface area contributed by atoms with Crippen molar-refractivity contribution in [2.24, 2.45) is 0 Å². The Balaban J connectivity index is 0.000000302. The maximum Gasteiger partial charge on any atom is 0.336 e. The van der Waals surface area contributed by atoms with Crippen molar-refractivity contribution in [3.8, 4) is 11.5 Å². The fraction of sp³-hybridized carbons (Fsp3) is 0.357. The van der Waals surface area contributed by atoms with Gasteiger partial charge in [-0.25, -0.2) is 9.78 Å². The van der Waals surface area contributed by atoms with Gasteiger partial charge in [-0.1, -0.05) is 36.4 Å². The predicted molar refractivity (Wildman–Crippen MR) is 143 cm³/mol. The summed E-state index contributed by atoms with van der Waals surface area (Å²) in [5.74, 6) is -3.45. The number of rotatable bonds is 13. The minimum Gasteiger partial charge on any atom is -0.481 e. The number of nitrogens with zero attached hydrogens (tertiary/aromatic N) is 3. The molecule has 4 rings (SSSR count). The molecular formula is C28H33N3O10. The fourth-order valence-electron chi connectivity index (χ4n) is 4.20. The smallest absolute Gasteiger partial charge is 0.336 e. The second-order valence-electron chi connectivity index (χ2n) is 9.68. The van der Waals surface area contributed by atoms with Crippen molar-refractivity contribution in [3.05, 3.63) is 77.9 Å². The van der Waals surface area contributed by atoms with Crippen molar-refractivity contribution < 1.29 is 49.4 Å². The SMILES string of the molecule is CC(O)CN(Cc1ccc2c(c1)OCO2)Cc1cncn1Cc1ccccc1.O=C(O)CC(O)(CC(=O)O)C(=O)O. The van der Waals surface area contributed by atoms with E-state index in [2.05, 4.69) is 26.6 Å². The second-order valence-corrected chi connectivity index (χ2v) is 9.68.